The number of pyridine rings is 2. The fourth-order valence-electron chi connectivity index (χ4n) is 4.31. The maximum atomic E-state index is 12.0. The van der Waals surface area contributed by atoms with Crippen LogP contribution in [0.1, 0.15) is 12.8 Å². The van der Waals surface area contributed by atoms with Gasteiger partial charge in [0.25, 0.3) is 0 Å². The quantitative estimate of drug-likeness (QED) is 0.357. The van der Waals surface area contributed by atoms with E-state index >= 15 is 0 Å². The molecule has 1 aliphatic rings. The standard InChI is InChI=1S/C26H27Cl2N3O5/c1-5-16(32)8-14-6-7-36-13-19(14)30-22-10-17-15(12-29-22)9-18(31-26(17)35-4)23-24(27)20(33-2)11-21(34-3)25(23)28/h5,9-12,14,19H,1,6-8,13H2,2-4H3,(H,29,30)/t14-,19-/m1/s1. The van der Waals surface area contributed by atoms with Crippen molar-refractivity contribution in [2.45, 2.75) is 18.9 Å². The second kappa shape index (κ2) is 11.3. The van der Waals surface area contributed by atoms with E-state index < -0.39 is 0 Å². The second-order valence-corrected chi connectivity index (χ2v) is 9.10. The average Bonchev–Trinajstić information content (AvgIpc) is 2.89. The Morgan fingerprint density at radius 3 is 2.53 bits per heavy atom. The summed E-state index contributed by atoms with van der Waals surface area (Å²) in [4.78, 5) is 21.2. The highest BCUT2D eigenvalue weighted by atomic mass is 35.5. The molecule has 2 atom stereocenters. The number of methoxy groups -OCH3 is 3. The minimum absolute atomic E-state index is 0.0186. The van der Waals surface area contributed by atoms with Crippen molar-refractivity contribution >= 4 is 45.6 Å². The van der Waals surface area contributed by atoms with Gasteiger partial charge < -0.3 is 24.3 Å². The van der Waals surface area contributed by atoms with Crippen LogP contribution in [0.2, 0.25) is 10.0 Å². The van der Waals surface area contributed by atoms with Gasteiger partial charge in [0.2, 0.25) is 5.88 Å². The van der Waals surface area contributed by atoms with Gasteiger partial charge in [0.05, 0.1) is 49.7 Å². The highest BCUT2D eigenvalue weighted by molar-refractivity contribution is 6.41. The van der Waals surface area contributed by atoms with Gasteiger partial charge in [-0.05, 0) is 30.5 Å². The molecule has 190 valence electrons. The molecule has 0 bridgehead atoms. The van der Waals surface area contributed by atoms with Crippen LogP contribution >= 0.6 is 23.2 Å². The Hall–Kier alpha value is -3.07. The van der Waals surface area contributed by atoms with Gasteiger partial charge in [-0.15, -0.1) is 0 Å². The van der Waals surface area contributed by atoms with E-state index in [0.717, 1.165) is 17.2 Å². The third-order valence-electron chi connectivity index (χ3n) is 6.23. The van der Waals surface area contributed by atoms with Crippen LogP contribution in [-0.4, -0.2) is 56.3 Å². The molecule has 1 saturated heterocycles. The van der Waals surface area contributed by atoms with Crippen LogP contribution in [0.15, 0.2) is 37.1 Å². The number of carbonyl (C=O) groups is 1. The molecule has 1 aliphatic heterocycles. The van der Waals surface area contributed by atoms with E-state index in [0.29, 0.717) is 64.1 Å². The van der Waals surface area contributed by atoms with Crippen LogP contribution in [0.5, 0.6) is 17.4 Å². The molecule has 0 amide bonds. The summed E-state index contributed by atoms with van der Waals surface area (Å²) in [6.07, 6.45) is 4.28. The smallest absolute Gasteiger partial charge is 0.221 e. The minimum Gasteiger partial charge on any atom is -0.495 e. The van der Waals surface area contributed by atoms with Gasteiger partial charge in [0.1, 0.15) is 17.3 Å². The Morgan fingerprint density at radius 2 is 1.89 bits per heavy atom. The molecule has 1 aromatic carbocycles. The maximum absolute atomic E-state index is 12.0. The molecular formula is C26H27Cl2N3O5. The van der Waals surface area contributed by atoms with E-state index in [-0.39, 0.29) is 17.7 Å². The molecule has 3 aromatic rings. The van der Waals surface area contributed by atoms with Gasteiger partial charge in [-0.3, -0.25) is 4.79 Å². The highest BCUT2D eigenvalue weighted by Crippen LogP contribution is 2.46. The van der Waals surface area contributed by atoms with Crippen molar-refractivity contribution < 1.29 is 23.7 Å². The maximum Gasteiger partial charge on any atom is 0.221 e. The first-order valence-electron chi connectivity index (χ1n) is 11.3. The number of rotatable bonds is 9. The summed E-state index contributed by atoms with van der Waals surface area (Å²) in [6, 6.07) is 5.25. The van der Waals surface area contributed by atoms with Crippen molar-refractivity contribution in [2.24, 2.45) is 5.92 Å². The summed E-state index contributed by atoms with van der Waals surface area (Å²) in [5.74, 6) is 1.96. The highest BCUT2D eigenvalue weighted by Gasteiger charge is 2.28. The predicted octanol–water partition coefficient (Wildman–Crippen LogP) is 5.59. The molecule has 0 aliphatic carbocycles. The zero-order chi connectivity index (χ0) is 25.8. The van der Waals surface area contributed by atoms with Gasteiger partial charge in [-0.1, -0.05) is 29.8 Å². The number of ketones is 1. The first-order chi connectivity index (χ1) is 17.4. The minimum atomic E-state index is -0.0623. The van der Waals surface area contributed by atoms with Crippen LogP contribution in [0, 0.1) is 5.92 Å². The van der Waals surface area contributed by atoms with E-state index in [4.69, 9.17) is 42.1 Å². The van der Waals surface area contributed by atoms with Gasteiger partial charge in [-0.25, -0.2) is 9.97 Å². The molecule has 36 heavy (non-hydrogen) atoms. The lowest BCUT2D eigenvalue weighted by atomic mass is 9.89. The van der Waals surface area contributed by atoms with E-state index in [1.54, 1.807) is 19.4 Å². The first kappa shape index (κ1) is 26.0. The summed E-state index contributed by atoms with van der Waals surface area (Å²) < 4.78 is 22.0. The molecule has 2 aromatic heterocycles. The number of nitrogens with one attached hydrogen (secondary N) is 1. The summed E-state index contributed by atoms with van der Waals surface area (Å²) in [5.41, 5.74) is 0.948. The topological polar surface area (TPSA) is 91.8 Å². The SMILES string of the molecule is C=CC(=O)C[C@H]1CCOC[C@H]1Nc1cc2c(OC)nc(-c3c(Cl)c(OC)cc(OC)c3Cl)cc2cn1. The number of ether oxygens (including phenoxy) is 4. The number of nitrogens with zero attached hydrogens (tertiary/aromatic N) is 2. The van der Waals surface area contributed by atoms with Crippen molar-refractivity contribution in [3.05, 3.63) is 47.1 Å². The number of aromatic nitrogens is 2. The first-order valence-corrected chi connectivity index (χ1v) is 12.1. The van der Waals surface area contributed by atoms with E-state index in [9.17, 15) is 4.79 Å². The largest absolute Gasteiger partial charge is 0.495 e. The predicted molar refractivity (Wildman–Crippen MR) is 141 cm³/mol. The van der Waals surface area contributed by atoms with E-state index in [1.165, 1.54) is 20.3 Å². The fraction of sp³-hybridized carbons (Fsp3) is 0.346. The molecule has 1 fully saturated rings. The van der Waals surface area contributed by atoms with Crippen molar-refractivity contribution in [3.63, 3.8) is 0 Å². The number of carbonyl (C=O) groups excluding carboxylic acids is 1. The number of benzene rings is 1. The Morgan fingerprint density at radius 1 is 1.17 bits per heavy atom. The average molecular weight is 532 g/mol. The van der Waals surface area contributed by atoms with Crippen LogP contribution in [-0.2, 0) is 9.53 Å². The number of halogens is 2. The number of hydrogen-bond donors (Lipinski definition) is 1. The molecular weight excluding hydrogens is 505 g/mol. The van der Waals surface area contributed by atoms with Crippen molar-refractivity contribution in [2.75, 3.05) is 39.9 Å². The lowest BCUT2D eigenvalue weighted by molar-refractivity contribution is -0.116. The summed E-state index contributed by atoms with van der Waals surface area (Å²) in [6.45, 7) is 4.69. The molecule has 3 heterocycles. The van der Waals surface area contributed by atoms with Crippen LogP contribution in [0.3, 0.4) is 0 Å². The molecule has 1 N–H and O–H groups in total. The Balaban J connectivity index is 1.72. The van der Waals surface area contributed by atoms with Crippen LogP contribution < -0.4 is 19.5 Å². The van der Waals surface area contributed by atoms with E-state index in [2.05, 4.69) is 21.9 Å². The molecule has 10 heteroatoms. The van der Waals surface area contributed by atoms with Crippen molar-refractivity contribution in [3.8, 4) is 28.6 Å². The zero-order valence-electron chi connectivity index (χ0n) is 20.3. The molecule has 8 nitrogen and oxygen atoms in total. The molecule has 0 saturated carbocycles. The molecule has 4 rings (SSSR count). The monoisotopic (exact) mass is 531 g/mol. The number of anilines is 1. The van der Waals surface area contributed by atoms with Gasteiger partial charge in [-0.2, -0.15) is 0 Å². The number of allylic oxidation sites excluding steroid dienone is 1. The van der Waals surface area contributed by atoms with E-state index in [1.807, 2.05) is 12.1 Å². The normalized spacial score (nSPS) is 17.5. The Labute approximate surface area is 219 Å². The molecule has 0 radical (unpaired) electrons. The van der Waals surface area contributed by atoms with Gasteiger partial charge in [0, 0.05) is 41.6 Å². The fourth-order valence-corrected chi connectivity index (χ4v) is 5.00. The number of hydrogen-bond acceptors (Lipinski definition) is 8. The zero-order valence-corrected chi connectivity index (χ0v) is 21.8. The summed E-state index contributed by atoms with van der Waals surface area (Å²) in [7, 11) is 4.57. The molecule has 0 unspecified atom stereocenters. The Bertz CT molecular complexity index is 1270. The summed E-state index contributed by atoms with van der Waals surface area (Å²) >= 11 is 13.2. The number of fused-ring (bicyclic) bond motifs is 1. The summed E-state index contributed by atoms with van der Waals surface area (Å²) in [5, 5.41) is 5.55. The molecule has 0 spiro atoms. The lowest BCUT2D eigenvalue weighted by Gasteiger charge is -2.32. The van der Waals surface area contributed by atoms with Gasteiger partial charge >= 0.3 is 0 Å². The van der Waals surface area contributed by atoms with Gasteiger partial charge in [0.15, 0.2) is 5.78 Å². The van der Waals surface area contributed by atoms with Crippen LogP contribution in [0.4, 0.5) is 5.82 Å². The second-order valence-electron chi connectivity index (χ2n) is 8.34. The Kier molecular flexibility index (Phi) is 8.18. The van der Waals surface area contributed by atoms with Crippen molar-refractivity contribution in [1.29, 1.82) is 0 Å². The van der Waals surface area contributed by atoms with Crippen molar-refractivity contribution in [1.82, 2.24) is 9.97 Å². The van der Waals surface area contributed by atoms with Crippen LogP contribution in [0.25, 0.3) is 22.0 Å². The third kappa shape index (κ3) is 5.21. The lowest BCUT2D eigenvalue weighted by Crippen LogP contribution is -2.39. The third-order valence-corrected chi connectivity index (χ3v) is 6.98.